The van der Waals surface area contributed by atoms with Crippen LogP contribution in [0, 0.1) is 0 Å². The SMILES string of the molecule is CC1=Cc2c(cccc2C23CCCC2(C(N)=O)[Si](C)(C)O[Si]3(C)C)C1. The van der Waals surface area contributed by atoms with Gasteiger partial charge in [0.2, 0.25) is 5.91 Å². The Morgan fingerprint density at radius 3 is 2.56 bits per heavy atom. The van der Waals surface area contributed by atoms with E-state index >= 15 is 0 Å². The molecule has 3 nitrogen and oxygen atoms in total. The fourth-order valence-electron chi connectivity index (χ4n) is 6.71. The third-order valence-corrected chi connectivity index (χ3v) is 17.6. The van der Waals surface area contributed by atoms with Crippen molar-refractivity contribution in [3.63, 3.8) is 0 Å². The monoisotopic (exact) mass is 371 g/mol. The lowest BCUT2D eigenvalue weighted by molar-refractivity contribution is -0.121. The predicted octanol–water partition coefficient (Wildman–Crippen LogP) is 4.27. The number of benzene rings is 1. The van der Waals surface area contributed by atoms with Crippen molar-refractivity contribution in [1.82, 2.24) is 0 Å². The molecule has 5 heteroatoms. The predicted molar refractivity (Wildman–Crippen MR) is 107 cm³/mol. The topological polar surface area (TPSA) is 52.3 Å². The van der Waals surface area contributed by atoms with Crippen LogP contribution in [0.3, 0.4) is 0 Å². The van der Waals surface area contributed by atoms with Crippen LogP contribution >= 0.6 is 0 Å². The summed E-state index contributed by atoms with van der Waals surface area (Å²) in [5.74, 6) is -0.115. The lowest BCUT2D eigenvalue weighted by Crippen LogP contribution is -2.57. The lowest BCUT2D eigenvalue weighted by Gasteiger charge is -2.46. The largest absolute Gasteiger partial charge is 0.454 e. The normalized spacial score (nSPS) is 34.5. The molecule has 2 fully saturated rings. The molecule has 0 aromatic heterocycles. The Kier molecular flexibility index (Phi) is 3.42. The van der Waals surface area contributed by atoms with E-state index in [9.17, 15) is 4.79 Å². The minimum atomic E-state index is -2.26. The number of hydrogen-bond donors (Lipinski definition) is 1. The smallest absolute Gasteiger partial charge is 0.223 e. The zero-order valence-electron chi connectivity index (χ0n) is 16.0. The number of fused-ring (bicyclic) bond motifs is 2. The van der Waals surface area contributed by atoms with Crippen molar-refractivity contribution in [3.05, 3.63) is 40.5 Å². The van der Waals surface area contributed by atoms with Gasteiger partial charge in [0.25, 0.3) is 0 Å². The Morgan fingerprint density at radius 1 is 1.16 bits per heavy atom. The van der Waals surface area contributed by atoms with E-state index in [0.717, 1.165) is 25.7 Å². The Bertz CT molecular complexity index is 814. The first-order valence-electron chi connectivity index (χ1n) is 9.39. The fourth-order valence-corrected chi connectivity index (χ4v) is 20.6. The van der Waals surface area contributed by atoms with Crippen molar-refractivity contribution in [3.8, 4) is 0 Å². The molecule has 1 aromatic carbocycles. The molecule has 134 valence electrons. The second-order valence-electron chi connectivity index (χ2n) is 9.20. The molecule has 1 heterocycles. The van der Waals surface area contributed by atoms with Crippen LogP contribution in [0.4, 0.5) is 0 Å². The summed E-state index contributed by atoms with van der Waals surface area (Å²) in [7, 11) is -4.42. The van der Waals surface area contributed by atoms with Gasteiger partial charge in [0.15, 0.2) is 16.6 Å². The maximum atomic E-state index is 13.0. The number of allylic oxidation sites excluding steroid dienone is 1. The first-order chi connectivity index (χ1) is 11.6. The molecule has 2 aliphatic carbocycles. The minimum Gasteiger partial charge on any atom is -0.454 e. The van der Waals surface area contributed by atoms with Gasteiger partial charge in [-0.25, -0.2) is 0 Å². The Morgan fingerprint density at radius 2 is 1.88 bits per heavy atom. The van der Waals surface area contributed by atoms with Crippen LogP contribution in [0.5, 0.6) is 0 Å². The van der Waals surface area contributed by atoms with E-state index < -0.39 is 21.7 Å². The summed E-state index contributed by atoms with van der Waals surface area (Å²) in [5.41, 5.74) is 11.7. The minimum absolute atomic E-state index is 0.115. The van der Waals surface area contributed by atoms with Gasteiger partial charge in [-0.15, -0.1) is 0 Å². The molecule has 1 saturated carbocycles. The summed E-state index contributed by atoms with van der Waals surface area (Å²) in [5, 5.41) is -0.663. The molecular formula is C20H29NO2Si2. The van der Waals surface area contributed by atoms with Gasteiger partial charge in [0, 0.05) is 5.04 Å². The molecule has 0 bridgehead atoms. The molecule has 1 aliphatic heterocycles. The number of hydrogen-bond acceptors (Lipinski definition) is 2. The number of primary amides is 1. The van der Waals surface area contributed by atoms with Crippen molar-refractivity contribution in [2.75, 3.05) is 0 Å². The fraction of sp³-hybridized carbons (Fsp3) is 0.550. The van der Waals surface area contributed by atoms with Gasteiger partial charge in [-0.2, -0.15) is 0 Å². The van der Waals surface area contributed by atoms with Gasteiger partial charge in [0.05, 0.1) is 5.04 Å². The average Bonchev–Trinajstić information content (AvgIpc) is 3.09. The summed E-state index contributed by atoms with van der Waals surface area (Å²) in [6.07, 6.45) is 6.36. The van der Waals surface area contributed by atoms with E-state index in [-0.39, 0.29) is 10.9 Å². The highest BCUT2D eigenvalue weighted by molar-refractivity contribution is 6.96. The number of amides is 1. The molecule has 1 aromatic rings. The zero-order valence-corrected chi connectivity index (χ0v) is 18.0. The van der Waals surface area contributed by atoms with E-state index in [1.54, 1.807) is 0 Å². The van der Waals surface area contributed by atoms with Crippen molar-refractivity contribution < 1.29 is 8.91 Å². The summed E-state index contributed by atoms with van der Waals surface area (Å²) in [6, 6.07) is 6.68. The number of carbonyl (C=O) groups excluding carboxylic acids is 1. The molecule has 3 aliphatic rings. The van der Waals surface area contributed by atoms with E-state index in [1.165, 1.54) is 22.3 Å². The van der Waals surface area contributed by atoms with Crippen LogP contribution in [0.15, 0.2) is 23.8 Å². The Balaban J connectivity index is 2.08. The molecule has 2 unspecified atom stereocenters. The third-order valence-electron chi connectivity index (χ3n) is 7.33. The summed E-state index contributed by atoms with van der Waals surface area (Å²) < 4.78 is 6.87. The summed E-state index contributed by atoms with van der Waals surface area (Å²) in [4.78, 5) is 13.0. The number of carbonyl (C=O) groups is 1. The van der Waals surface area contributed by atoms with Crippen molar-refractivity contribution >= 4 is 28.6 Å². The molecule has 2 N–H and O–H groups in total. The summed E-state index contributed by atoms with van der Waals surface area (Å²) in [6.45, 7) is 11.3. The van der Waals surface area contributed by atoms with Crippen LogP contribution in [0.2, 0.25) is 31.2 Å². The van der Waals surface area contributed by atoms with E-state index in [1.807, 2.05) is 0 Å². The average molecular weight is 372 g/mol. The lowest BCUT2D eigenvalue weighted by atomic mass is 9.82. The second-order valence-corrected chi connectivity index (χ2v) is 17.8. The molecule has 0 spiro atoms. The molecule has 25 heavy (non-hydrogen) atoms. The standard InChI is InChI=1S/C20H29NO2Si2/c1-14-12-15-8-6-9-17(16(15)13-14)19-10-7-11-20(19,18(21)22)25(4,5)23-24(19,2)3/h6,8-9,13H,7,10-12H2,1-5H3,(H2,21,22). The van der Waals surface area contributed by atoms with Crippen molar-refractivity contribution in [2.24, 2.45) is 5.73 Å². The maximum Gasteiger partial charge on any atom is 0.223 e. The van der Waals surface area contributed by atoms with Gasteiger partial charge in [-0.3, -0.25) is 4.79 Å². The number of rotatable bonds is 2. The van der Waals surface area contributed by atoms with Gasteiger partial charge < -0.3 is 9.85 Å². The van der Waals surface area contributed by atoms with Crippen LogP contribution in [-0.4, -0.2) is 22.5 Å². The number of nitrogens with two attached hydrogens (primary N) is 1. The van der Waals surface area contributed by atoms with Crippen LogP contribution in [-0.2, 0) is 20.4 Å². The highest BCUT2D eigenvalue weighted by atomic mass is 28.4. The highest BCUT2D eigenvalue weighted by Crippen LogP contribution is 2.73. The summed E-state index contributed by atoms with van der Waals surface area (Å²) >= 11 is 0. The first-order valence-corrected chi connectivity index (χ1v) is 15.2. The Hall–Kier alpha value is -1.18. The zero-order chi connectivity index (χ0) is 18.3. The van der Waals surface area contributed by atoms with Crippen LogP contribution in [0.25, 0.3) is 6.08 Å². The second kappa shape index (κ2) is 4.96. The van der Waals surface area contributed by atoms with Gasteiger partial charge in [0.1, 0.15) is 0 Å². The Labute approximate surface area is 152 Å². The molecule has 4 rings (SSSR count). The van der Waals surface area contributed by atoms with Gasteiger partial charge >= 0.3 is 0 Å². The van der Waals surface area contributed by atoms with Crippen molar-refractivity contribution in [2.45, 2.75) is 68.9 Å². The van der Waals surface area contributed by atoms with E-state index in [4.69, 9.17) is 9.85 Å². The van der Waals surface area contributed by atoms with Gasteiger partial charge in [-0.1, -0.05) is 36.3 Å². The molecule has 1 saturated heterocycles. The maximum absolute atomic E-state index is 13.0. The van der Waals surface area contributed by atoms with Crippen molar-refractivity contribution in [1.29, 1.82) is 0 Å². The molecule has 1 amide bonds. The quantitative estimate of drug-likeness (QED) is 0.789. The van der Waals surface area contributed by atoms with Crippen LogP contribution < -0.4 is 5.73 Å². The third kappa shape index (κ3) is 1.82. The first kappa shape index (κ1) is 17.2. The highest BCUT2D eigenvalue weighted by Gasteiger charge is 2.79. The molecule has 0 radical (unpaired) electrons. The molecule has 2 atom stereocenters. The van der Waals surface area contributed by atoms with Crippen LogP contribution in [0.1, 0.15) is 42.9 Å². The van der Waals surface area contributed by atoms with Gasteiger partial charge in [-0.05, 0) is 69.1 Å². The van der Waals surface area contributed by atoms with E-state index in [2.05, 4.69) is 57.4 Å². The van der Waals surface area contributed by atoms with E-state index in [0.29, 0.717) is 0 Å². The molecular weight excluding hydrogens is 342 g/mol.